The summed E-state index contributed by atoms with van der Waals surface area (Å²) < 4.78 is 41.7. The summed E-state index contributed by atoms with van der Waals surface area (Å²) in [7, 11) is 0. The van der Waals surface area contributed by atoms with Crippen LogP contribution in [0.2, 0.25) is 0 Å². The van der Waals surface area contributed by atoms with Gasteiger partial charge in [-0.15, -0.1) is 10.2 Å². The van der Waals surface area contributed by atoms with Crippen molar-refractivity contribution in [2.75, 3.05) is 6.54 Å². The Bertz CT molecular complexity index is 458. The fourth-order valence-electron chi connectivity index (χ4n) is 2.21. The highest BCUT2D eigenvalue weighted by Crippen LogP contribution is 2.31. The Morgan fingerprint density at radius 2 is 2.16 bits per heavy atom. The van der Waals surface area contributed by atoms with Crippen molar-refractivity contribution in [1.29, 1.82) is 0 Å². The van der Waals surface area contributed by atoms with E-state index in [-0.39, 0.29) is 11.8 Å². The van der Waals surface area contributed by atoms with Gasteiger partial charge in [0.1, 0.15) is 12.5 Å². The first-order valence-corrected chi connectivity index (χ1v) is 6.03. The third-order valence-electron chi connectivity index (χ3n) is 3.03. The monoisotopic (exact) mass is 277 g/mol. The molecule has 19 heavy (non-hydrogen) atoms. The number of halogens is 3. The van der Waals surface area contributed by atoms with Gasteiger partial charge in [0.05, 0.1) is 0 Å². The number of carbonyl (C=O) groups excluding carboxylic acids is 1. The fraction of sp³-hybridized carbons (Fsp3) is 0.727. The van der Waals surface area contributed by atoms with Gasteiger partial charge in [-0.3, -0.25) is 4.79 Å². The highest BCUT2D eigenvalue weighted by atomic mass is 19.4. The average molecular weight is 277 g/mol. The lowest BCUT2D eigenvalue weighted by molar-refractivity contribution is -0.134. The second kappa shape index (κ2) is 5.18. The van der Waals surface area contributed by atoms with Gasteiger partial charge in [0.25, 0.3) is 0 Å². The lowest BCUT2D eigenvalue weighted by atomic mass is 10.0. The molecule has 5 nitrogen and oxygen atoms in total. The average Bonchev–Trinajstić information content (AvgIpc) is 2.75. The van der Waals surface area contributed by atoms with E-state index in [9.17, 15) is 18.0 Å². The molecule has 2 rings (SSSR count). The number of hydrogen-bond donors (Lipinski definition) is 0. The maximum atomic E-state index is 12.2. The minimum absolute atomic E-state index is 0.0918. The van der Waals surface area contributed by atoms with Crippen molar-refractivity contribution in [3.63, 3.8) is 0 Å². The normalized spacial score (nSPS) is 20.6. The molecule has 1 aliphatic heterocycles. The number of alkyl halides is 3. The number of aromatic nitrogens is 2. The molecule has 106 valence electrons. The molecule has 0 N–H and O–H groups in total. The van der Waals surface area contributed by atoms with Gasteiger partial charge >= 0.3 is 6.18 Å². The zero-order chi connectivity index (χ0) is 14.0. The maximum absolute atomic E-state index is 12.2. The molecular formula is C11H14F3N3O2. The predicted molar refractivity (Wildman–Crippen MR) is 58.0 cm³/mol. The molecule has 1 aromatic heterocycles. The van der Waals surface area contributed by atoms with Crippen molar-refractivity contribution in [3.05, 3.63) is 11.8 Å². The largest absolute Gasteiger partial charge is 0.423 e. The van der Waals surface area contributed by atoms with E-state index in [0.717, 1.165) is 12.8 Å². The van der Waals surface area contributed by atoms with E-state index in [0.29, 0.717) is 13.0 Å². The van der Waals surface area contributed by atoms with Crippen LogP contribution < -0.4 is 0 Å². The standard InChI is InChI=1S/C11H14F3N3O2/c1-7(18)17-5-3-2-4-8(17)10-16-15-9(19-10)6-11(12,13)14/h8H,2-6H2,1H3/t8-/m1/s1. The third kappa shape index (κ3) is 3.45. The Morgan fingerprint density at radius 3 is 2.79 bits per heavy atom. The van der Waals surface area contributed by atoms with Gasteiger partial charge in [0.2, 0.25) is 17.7 Å². The molecule has 0 bridgehead atoms. The van der Waals surface area contributed by atoms with Gasteiger partial charge < -0.3 is 9.32 Å². The van der Waals surface area contributed by atoms with Crippen LogP contribution in [-0.4, -0.2) is 33.7 Å². The van der Waals surface area contributed by atoms with Crippen LogP contribution in [0.5, 0.6) is 0 Å². The molecule has 1 aliphatic rings. The van der Waals surface area contributed by atoms with Crippen LogP contribution in [0.15, 0.2) is 4.42 Å². The lowest BCUT2D eigenvalue weighted by Gasteiger charge is -2.32. The van der Waals surface area contributed by atoms with E-state index in [4.69, 9.17) is 4.42 Å². The molecule has 1 saturated heterocycles. The number of rotatable bonds is 2. The zero-order valence-electron chi connectivity index (χ0n) is 10.4. The number of amides is 1. The van der Waals surface area contributed by atoms with E-state index in [1.807, 2.05) is 0 Å². The Kier molecular flexibility index (Phi) is 3.77. The summed E-state index contributed by atoms with van der Waals surface area (Å²) >= 11 is 0. The molecule has 1 atom stereocenters. The molecule has 2 heterocycles. The maximum Gasteiger partial charge on any atom is 0.397 e. The lowest BCUT2D eigenvalue weighted by Crippen LogP contribution is -2.37. The number of nitrogens with zero attached hydrogens (tertiary/aromatic N) is 3. The molecule has 0 unspecified atom stereocenters. The number of piperidine rings is 1. The topological polar surface area (TPSA) is 59.2 Å². The van der Waals surface area contributed by atoms with Crippen molar-refractivity contribution in [2.45, 2.75) is 44.8 Å². The summed E-state index contributed by atoms with van der Waals surface area (Å²) in [5.74, 6) is -0.508. The van der Waals surface area contributed by atoms with E-state index < -0.39 is 24.5 Å². The summed E-state index contributed by atoms with van der Waals surface area (Å²) in [6.07, 6.45) is -3.23. The number of carbonyl (C=O) groups is 1. The summed E-state index contributed by atoms with van der Waals surface area (Å²) in [6.45, 7) is 1.99. The molecule has 0 aromatic carbocycles. The first-order chi connectivity index (χ1) is 8.87. The summed E-state index contributed by atoms with van der Waals surface area (Å²) in [4.78, 5) is 13.0. The molecule has 1 amide bonds. The zero-order valence-corrected chi connectivity index (χ0v) is 10.4. The quantitative estimate of drug-likeness (QED) is 0.832. The second-order valence-electron chi connectivity index (χ2n) is 4.55. The smallest absolute Gasteiger partial charge is 0.397 e. The van der Waals surface area contributed by atoms with Crippen LogP contribution in [0, 0.1) is 0 Å². The van der Waals surface area contributed by atoms with E-state index in [1.54, 1.807) is 4.90 Å². The molecule has 0 spiro atoms. The molecule has 0 aliphatic carbocycles. The van der Waals surface area contributed by atoms with Crippen LogP contribution in [-0.2, 0) is 11.2 Å². The molecular weight excluding hydrogens is 263 g/mol. The van der Waals surface area contributed by atoms with Gasteiger partial charge in [-0.05, 0) is 19.3 Å². The van der Waals surface area contributed by atoms with Crippen LogP contribution in [0.25, 0.3) is 0 Å². The van der Waals surface area contributed by atoms with Gasteiger partial charge in [0, 0.05) is 13.5 Å². The first kappa shape index (κ1) is 13.8. The van der Waals surface area contributed by atoms with Crippen LogP contribution >= 0.6 is 0 Å². The van der Waals surface area contributed by atoms with Gasteiger partial charge in [-0.25, -0.2) is 0 Å². The molecule has 1 aromatic rings. The van der Waals surface area contributed by atoms with Gasteiger partial charge in [0.15, 0.2) is 0 Å². The van der Waals surface area contributed by atoms with Crippen molar-refractivity contribution < 1.29 is 22.4 Å². The Balaban J connectivity index is 2.14. The Labute approximate surface area is 107 Å². The molecule has 0 saturated carbocycles. The second-order valence-corrected chi connectivity index (χ2v) is 4.55. The van der Waals surface area contributed by atoms with Crippen molar-refractivity contribution in [2.24, 2.45) is 0 Å². The highest BCUT2D eigenvalue weighted by molar-refractivity contribution is 5.73. The summed E-state index contributed by atoms with van der Waals surface area (Å²) in [5, 5.41) is 7.04. The SMILES string of the molecule is CC(=O)N1CCCC[C@@H]1c1nnc(CC(F)(F)F)o1. The van der Waals surface area contributed by atoms with Crippen LogP contribution in [0.3, 0.4) is 0 Å². The molecule has 8 heteroatoms. The summed E-state index contributed by atoms with van der Waals surface area (Å²) in [6, 6.07) is -0.402. The third-order valence-corrected chi connectivity index (χ3v) is 3.03. The van der Waals surface area contributed by atoms with Gasteiger partial charge in [-0.1, -0.05) is 0 Å². The summed E-state index contributed by atoms with van der Waals surface area (Å²) in [5.41, 5.74) is 0. The van der Waals surface area contributed by atoms with Crippen molar-refractivity contribution in [3.8, 4) is 0 Å². The number of hydrogen-bond acceptors (Lipinski definition) is 4. The van der Waals surface area contributed by atoms with Crippen LogP contribution in [0.4, 0.5) is 13.2 Å². The first-order valence-electron chi connectivity index (χ1n) is 6.03. The Morgan fingerprint density at radius 1 is 1.42 bits per heavy atom. The predicted octanol–water partition coefficient (Wildman–Crippen LogP) is 2.25. The van der Waals surface area contributed by atoms with Crippen LogP contribution in [0.1, 0.15) is 44.0 Å². The van der Waals surface area contributed by atoms with Gasteiger partial charge in [-0.2, -0.15) is 13.2 Å². The van der Waals surface area contributed by atoms with Crippen molar-refractivity contribution >= 4 is 5.91 Å². The Hall–Kier alpha value is -1.60. The van der Waals surface area contributed by atoms with E-state index in [2.05, 4.69) is 10.2 Å². The van der Waals surface area contributed by atoms with E-state index >= 15 is 0 Å². The minimum atomic E-state index is -4.38. The molecule has 1 fully saturated rings. The number of likely N-dealkylation sites (tertiary alicyclic amines) is 1. The molecule has 0 radical (unpaired) electrons. The minimum Gasteiger partial charge on any atom is -0.423 e. The van der Waals surface area contributed by atoms with Crippen molar-refractivity contribution in [1.82, 2.24) is 15.1 Å². The highest BCUT2D eigenvalue weighted by Gasteiger charge is 2.34. The fourth-order valence-corrected chi connectivity index (χ4v) is 2.21. The van der Waals surface area contributed by atoms with E-state index in [1.165, 1.54) is 6.92 Å².